The molecular formula is C17H16F3N5. The van der Waals surface area contributed by atoms with E-state index in [0.29, 0.717) is 31.9 Å². The molecule has 1 aromatic heterocycles. The zero-order chi connectivity index (χ0) is 18.0. The lowest BCUT2D eigenvalue weighted by Crippen LogP contribution is -2.47. The maximum Gasteiger partial charge on any atom is 0.416 e. The largest absolute Gasteiger partial charge is 0.416 e. The Hall–Kier alpha value is -2.82. The number of hydrogen-bond acceptors (Lipinski definition) is 5. The van der Waals surface area contributed by atoms with Crippen molar-refractivity contribution in [2.75, 3.05) is 36.0 Å². The monoisotopic (exact) mass is 347 g/mol. The molecule has 130 valence electrons. The molecule has 1 fully saturated rings. The van der Waals surface area contributed by atoms with Crippen molar-refractivity contribution >= 4 is 11.5 Å². The van der Waals surface area contributed by atoms with Gasteiger partial charge in [-0.15, -0.1) is 5.10 Å². The zero-order valence-corrected chi connectivity index (χ0v) is 13.6. The number of aromatic nitrogens is 2. The van der Waals surface area contributed by atoms with Gasteiger partial charge in [-0.25, -0.2) is 0 Å². The molecule has 1 saturated heterocycles. The molecular weight excluding hydrogens is 331 g/mol. The Bertz CT molecular complexity index is 787. The van der Waals surface area contributed by atoms with Gasteiger partial charge in [0.05, 0.1) is 22.5 Å². The predicted octanol–water partition coefficient (Wildman–Crippen LogP) is 3.00. The summed E-state index contributed by atoms with van der Waals surface area (Å²) in [5, 5.41) is 17.4. The van der Waals surface area contributed by atoms with Crippen LogP contribution in [-0.2, 0) is 6.18 Å². The van der Waals surface area contributed by atoms with E-state index >= 15 is 0 Å². The fourth-order valence-electron chi connectivity index (χ4n) is 2.81. The van der Waals surface area contributed by atoms with E-state index in [-0.39, 0.29) is 5.56 Å². The molecule has 0 radical (unpaired) electrons. The predicted molar refractivity (Wildman–Crippen MR) is 87.4 cm³/mol. The maximum atomic E-state index is 12.8. The Kier molecular flexibility index (Phi) is 4.49. The molecule has 0 N–H and O–H groups in total. The molecule has 1 aliphatic heterocycles. The van der Waals surface area contributed by atoms with Crippen LogP contribution in [0, 0.1) is 18.3 Å². The van der Waals surface area contributed by atoms with Crippen molar-refractivity contribution in [3.8, 4) is 6.07 Å². The number of benzene rings is 1. The van der Waals surface area contributed by atoms with Crippen LogP contribution in [0.5, 0.6) is 0 Å². The van der Waals surface area contributed by atoms with Crippen LogP contribution in [0.3, 0.4) is 0 Å². The quantitative estimate of drug-likeness (QED) is 0.836. The van der Waals surface area contributed by atoms with Crippen LogP contribution in [0.2, 0.25) is 0 Å². The first-order chi connectivity index (χ1) is 11.9. The molecule has 5 nitrogen and oxygen atoms in total. The SMILES string of the molecule is Cc1ccc(N2CCN(c3ccc(C(F)(F)F)cc3C#N)CC2)nn1. The highest BCUT2D eigenvalue weighted by atomic mass is 19.4. The normalized spacial score (nSPS) is 15.2. The van der Waals surface area contributed by atoms with Gasteiger partial charge in [0.1, 0.15) is 6.07 Å². The molecule has 0 atom stereocenters. The zero-order valence-electron chi connectivity index (χ0n) is 13.6. The molecule has 0 bridgehead atoms. The lowest BCUT2D eigenvalue weighted by Gasteiger charge is -2.37. The van der Waals surface area contributed by atoms with E-state index in [4.69, 9.17) is 0 Å². The minimum absolute atomic E-state index is 0.0402. The number of alkyl halides is 3. The van der Waals surface area contributed by atoms with Gasteiger partial charge in [0.15, 0.2) is 5.82 Å². The lowest BCUT2D eigenvalue weighted by atomic mass is 10.1. The number of halogens is 3. The molecule has 25 heavy (non-hydrogen) atoms. The van der Waals surface area contributed by atoms with Crippen LogP contribution in [0.4, 0.5) is 24.7 Å². The second-order valence-corrected chi connectivity index (χ2v) is 5.85. The van der Waals surface area contributed by atoms with Gasteiger partial charge in [-0.2, -0.15) is 23.5 Å². The molecule has 0 spiro atoms. The van der Waals surface area contributed by atoms with Gasteiger partial charge < -0.3 is 9.80 Å². The highest BCUT2D eigenvalue weighted by Crippen LogP contribution is 2.33. The Labute approximate surface area is 143 Å². The molecule has 3 rings (SSSR count). The first kappa shape index (κ1) is 17.0. The van der Waals surface area contributed by atoms with Crippen LogP contribution in [0.1, 0.15) is 16.8 Å². The number of nitrogens with zero attached hydrogens (tertiary/aromatic N) is 5. The van der Waals surface area contributed by atoms with Gasteiger partial charge in [0.25, 0.3) is 0 Å². The van der Waals surface area contributed by atoms with E-state index in [1.807, 2.05) is 30.0 Å². The second-order valence-electron chi connectivity index (χ2n) is 5.85. The van der Waals surface area contributed by atoms with Gasteiger partial charge in [-0.05, 0) is 37.3 Å². The smallest absolute Gasteiger partial charge is 0.367 e. The fourth-order valence-corrected chi connectivity index (χ4v) is 2.81. The van der Waals surface area contributed by atoms with Crippen molar-refractivity contribution in [3.05, 3.63) is 47.2 Å². The molecule has 1 aliphatic rings. The van der Waals surface area contributed by atoms with Crippen molar-refractivity contribution < 1.29 is 13.2 Å². The van der Waals surface area contributed by atoms with Crippen molar-refractivity contribution in [2.45, 2.75) is 13.1 Å². The summed E-state index contributed by atoms with van der Waals surface area (Å²) in [4.78, 5) is 4.00. The molecule has 0 aliphatic carbocycles. The molecule has 2 heterocycles. The molecule has 8 heteroatoms. The van der Waals surface area contributed by atoms with E-state index in [9.17, 15) is 18.4 Å². The number of anilines is 2. The minimum Gasteiger partial charge on any atom is -0.367 e. The fraction of sp³-hybridized carbons (Fsp3) is 0.353. The Morgan fingerprint density at radius 2 is 1.68 bits per heavy atom. The summed E-state index contributed by atoms with van der Waals surface area (Å²) in [7, 11) is 0. The topological polar surface area (TPSA) is 56.0 Å². The number of nitriles is 1. The number of hydrogen-bond donors (Lipinski definition) is 0. The summed E-state index contributed by atoms with van der Waals surface area (Å²) >= 11 is 0. The van der Waals surface area contributed by atoms with Gasteiger partial charge in [-0.3, -0.25) is 0 Å². The summed E-state index contributed by atoms with van der Waals surface area (Å²) in [6.07, 6.45) is -4.45. The number of aryl methyl sites for hydroxylation is 1. The van der Waals surface area contributed by atoms with E-state index in [2.05, 4.69) is 15.1 Å². The molecule has 1 aromatic carbocycles. The standard InChI is InChI=1S/C17H16F3N5/c1-12-2-5-16(23-22-12)25-8-6-24(7-9-25)15-4-3-14(17(18,19)20)10-13(15)11-21/h2-5,10H,6-9H2,1H3. The van der Waals surface area contributed by atoms with Gasteiger partial charge in [0.2, 0.25) is 0 Å². The third-order valence-electron chi connectivity index (χ3n) is 4.17. The third-order valence-corrected chi connectivity index (χ3v) is 4.17. The molecule has 0 saturated carbocycles. The van der Waals surface area contributed by atoms with Crippen molar-refractivity contribution in [1.82, 2.24) is 10.2 Å². The van der Waals surface area contributed by atoms with Gasteiger partial charge in [-0.1, -0.05) is 0 Å². The van der Waals surface area contributed by atoms with Crippen LogP contribution >= 0.6 is 0 Å². The summed E-state index contributed by atoms with van der Waals surface area (Å²) in [5.41, 5.74) is 0.607. The van der Waals surface area contributed by atoms with Crippen LogP contribution < -0.4 is 9.80 Å². The first-order valence-electron chi connectivity index (χ1n) is 7.80. The van der Waals surface area contributed by atoms with Crippen LogP contribution in [0.25, 0.3) is 0 Å². The average molecular weight is 347 g/mol. The summed E-state index contributed by atoms with van der Waals surface area (Å²) in [6.45, 7) is 4.36. The second kappa shape index (κ2) is 6.59. The third kappa shape index (κ3) is 3.65. The highest BCUT2D eigenvalue weighted by Gasteiger charge is 2.31. The molecule has 0 unspecified atom stereocenters. The Morgan fingerprint density at radius 1 is 1.00 bits per heavy atom. The van der Waals surface area contributed by atoms with Crippen LogP contribution in [0.15, 0.2) is 30.3 Å². The number of rotatable bonds is 2. The summed E-state index contributed by atoms with van der Waals surface area (Å²) in [6, 6.07) is 8.97. The van der Waals surface area contributed by atoms with Gasteiger partial charge >= 0.3 is 6.18 Å². The van der Waals surface area contributed by atoms with E-state index in [1.165, 1.54) is 6.07 Å². The first-order valence-corrected chi connectivity index (χ1v) is 7.80. The van der Waals surface area contributed by atoms with Crippen molar-refractivity contribution in [3.63, 3.8) is 0 Å². The highest BCUT2D eigenvalue weighted by molar-refractivity contribution is 5.61. The minimum atomic E-state index is -4.45. The van der Waals surface area contributed by atoms with Crippen molar-refractivity contribution in [1.29, 1.82) is 5.26 Å². The Morgan fingerprint density at radius 3 is 2.24 bits per heavy atom. The average Bonchev–Trinajstić information content (AvgIpc) is 2.61. The lowest BCUT2D eigenvalue weighted by molar-refractivity contribution is -0.137. The Balaban J connectivity index is 1.74. The van der Waals surface area contributed by atoms with E-state index in [0.717, 1.165) is 23.6 Å². The van der Waals surface area contributed by atoms with E-state index in [1.54, 1.807) is 0 Å². The van der Waals surface area contributed by atoms with Crippen molar-refractivity contribution in [2.24, 2.45) is 0 Å². The maximum absolute atomic E-state index is 12.8. The summed E-state index contributed by atoms with van der Waals surface area (Å²) < 4.78 is 38.4. The van der Waals surface area contributed by atoms with Gasteiger partial charge in [0, 0.05) is 26.2 Å². The van der Waals surface area contributed by atoms with Crippen LogP contribution in [-0.4, -0.2) is 36.4 Å². The summed E-state index contributed by atoms with van der Waals surface area (Å²) in [5.74, 6) is 0.776. The molecule has 2 aromatic rings. The molecule has 0 amide bonds. The number of piperazine rings is 1. The van der Waals surface area contributed by atoms with E-state index < -0.39 is 11.7 Å².